The van der Waals surface area contributed by atoms with E-state index in [1.54, 1.807) is 6.08 Å². The molecular formula is C5H9ClO2. The second-order valence-electron chi connectivity index (χ2n) is 1.43. The number of hydrogen-bond acceptors (Lipinski definition) is 2. The molecule has 0 heterocycles. The maximum Gasteiger partial charge on any atom is 0.0805 e. The van der Waals surface area contributed by atoms with Gasteiger partial charge in [0.25, 0.3) is 0 Å². The first-order valence-corrected chi connectivity index (χ1v) is 2.79. The summed E-state index contributed by atoms with van der Waals surface area (Å²) in [5.74, 6) is 0. The van der Waals surface area contributed by atoms with Crippen LogP contribution in [0.25, 0.3) is 0 Å². The quantitative estimate of drug-likeness (QED) is 0.593. The lowest BCUT2D eigenvalue weighted by molar-refractivity contribution is 0.0976. The van der Waals surface area contributed by atoms with Crippen molar-refractivity contribution in [2.75, 3.05) is 6.61 Å². The zero-order valence-corrected chi connectivity index (χ0v) is 5.17. The Morgan fingerprint density at radius 2 is 2.25 bits per heavy atom. The standard InChI is InChI=1S/C5H9ClO2/c6-3-1-2-5(8)4-7/h1,3,5,7-8H,2,4H2/b3-1+. The van der Waals surface area contributed by atoms with E-state index in [1.165, 1.54) is 5.54 Å². The molecule has 2 N–H and O–H groups in total. The minimum Gasteiger partial charge on any atom is -0.394 e. The van der Waals surface area contributed by atoms with Crippen LogP contribution in [0.1, 0.15) is 6.42 Å². The first-order chi connectivity index (χ1) is 3.81. The van der Waals surface area contributed by atoms with Gasteiger partial charge < -0.3 is 10.2 Å². The van der Waals surface area contributed by atoms with Crippen molar-refractivity contribution in [2.45, 2.75) is 12.5 Å². The molecule has 0 saturated heterocycles. The number of hydrogen-bond donors (Lipinski definition) is 2. The second-order valence-corrected chi connectivity index (χ2v) is 1.69. The zero-order valence-electron chi connectivity index (χ0n) is 4.42. The average Bonchev–Trinajstić information content (AvgIpc) is 1.83. The van der Waals surface area contributed by atoms with Gasteiger partial charge in [-0.1, -0.05) is 17.7 Å². The Hall–Kier alpha value is -0.0500. The minimum atomic E-state index is -0.662. The normalized spacial score (nSPS) is 14.9. The van der Waals surface area contributed by atoms with Crippen LogP contribution < -0.4 is 0 Å². The van der Waals surface area contributed by atoms with E-state index in [4.69, 9.17) is 21.8 Å². The van der Waals surface area contributed by atoms with Gasteiger partial charge in [-0.05, 0) is 6.42 Å². The summed E-state index contributed by atoms with van der Waals surface area (Å²) in [5.41, 5.74) is 1.32. The topological polar surface area (TPSA) is 40.5 Å². The molecule has 1 unspecified atom stereocenters. The molecule has 0 amide bonds. The van der Waals surface area contributed by atoms with Crippen LogP contribution in [0.2, 0.25) is 0 Å². The van der Waals surface area contributed by atoms with Crippen LogP contribution in [-0.2, 0) is 0 Å². The minimum absolute atomic E-state index is 0.207. The van der Waals surface area contributed by atoms with Gasteiger partial charge in [-0.15, -0.1) is 0 Å². The van der Waals surface area contributed by atoms with Crippen molar-refractivity contribution in [2.24, 2.45) is 0 Å². The van der Waals surface area contributed by atoms with Crippen LogP contribution in [0, 0.1) is 0 Å². The van der Waals surface area contributed by atoms with E-state index < -0.39 is 6.10 Å². The highest BCUT2D eigenvalue weighted by Gasteiger charge is 1.95. The zero-order chi connectivity index (χ0) is 6.41. The molecule has 0 aliphatic heterocycles. The van der Waals surface area contributed by atoms with E-state index in [2.05, 4.69) is 0 Å². The molecule has 8 heavy (non-hydrogen) atoms. The Morgan fingerprint density at radius 3 is 2.62 bits per heavy atom. The molecule has 48 valence electrons. The predicted molar refractivity (Wildman–Crippen MR) is 32.7 cm³/mol. The molecule has 0 saturated carbocycles. The first kappa shape index (κ1) is 7.95. The van der Waals surface area contributed by atoms with Crippen molar-refractivity contribution in [1.82, 2.24) is 0 Å². The number of aliphatic hydroxyl groups excluding tert-OH is 2. The molecule has 0 radical (unpaired) electrons. The summed E-state index contributed by atoms with van der Waals surface area (Å²) in [6.07, 6.45) is 1.34. The third-order valence-corrected chi connectivity index (χ3v) is 0.886. The maximum absolute atomic E-state index is 8.63. The summed E-state index contributed by atoms with van der Waals surface area (Å²) < 4.78 is 0. The molecule has 2 nitrogen and oxygen atoms in total. The molecule has 0 spiro atoms. The van der Waals surface area contributed by atoms with Crippen molar-refractivity contribution in [3.63, 3.8) is 0 Å². The predicted octanol–water partition coefficient (Wildman–Crippen LogP) is 0.482. The van der Waals surface area contributed by atoms with Crippen molar-refractivity contribution in [3.05, 3.63) is 11.6 Å². The van der Waals surface area contributed by atoms with Crippen LogP contribution in [0.15, 0.2) is 11.6 Å². The van der Waals surface area contributed by atoms with Gasteiger partial charge >= 0.3 is 0 Å². The first-order valence-electron chi connectivity index (χ1n) is 2.35. The monoisotopic (exact) mass is 136 g/mol. The molecule has 0 fully saturated rings. The lowest BCUT2D eigenvalue weighted by atomic mass is 10.3. The van der Waals surface area contributed by atoms with Crippen LogP contribution >= 0.6 is 11.6 Å². The molecule has 1 atom stereocenters. The van der Waals surface area contributed by atoms with E-state index in [-0.39, 0.29) is 6.61 Å². The van der Waals surface area contributed by atoms with E-state index in [0.717, 1.165) is 0 Å². The van der Waals surface area contributed by atoms with Gasteiger partial charge in [0, 0.05) is 5.54 Å². The van der Waals surface area contributed by atoms with Crippen molar-refractivity contribution in [3.8, 4) is 0 Å². The Morgan fingerprint density at radius 1 is 1.62 bits per heavy atom. The lowest BCUT2D eigenvalue weighted by Crippen LogP contribution is -2.09. The molecule has 0 aliphatic carbocycles. The maximum atomic E-state index is 8.63. The van der Waals surface area contributed by atoms with Crippen molar-refractivity contribution in [1.29, 1.82) is 0 Å². The molecule has 0 aromatic heterocycles. The highest BCUT2D eigenvalue weighted by molar-refractivity contribution is 6.25. The Labute approximate surface area is 53.4 Å². The summed E-state index contributed by atoms with van der Waals surface area (Å²) in [7, 11) is 0. The van der Waals surface area contributed by atoms with Crippen molar-refractivity contribution < 1.29 is 10.2 Å². The van der Waals surface area contributed by atoms with Gasteiger partial charge in [0.1, 0.15) is 0 Å². The average molecular weight is 137 g/mol. The number of rotatable bonds is 3. The molecule has 0 aliphatic rings. The summed E-state index contributed by atoms with van der Waals surface area (Å²) in [6, 6.07) is 0. The molecule has 3 heteroatoms. The largest absolute Gasteiger partial charge is 0.394 e. The number of halogens is 1. The molecule has 0 bridgehead atoms. The third-order valence-electron chi connectivity index (χ3n) is 0.708. The molecule has 0 aromatic carbocycles. The van der Waals surface area contributed by atoms with Gasteiger partial charge in [-0.25, -0.2) is 0 Å². The van der Waals surface area contributed by atoms with Crippen LogP contribution in [-0.4, -0.2) is 22.9 Å². The van der Waals surface area contributed by atoms with Crippen LogP contribution in [0.3, 0.4) is 0 Å². The van der Waals surface area contributed by atoms with E-state index in [9.17, 15) is 0 Å². The summed E-state index contributed by atoms with van der Waals surface area (Å²) in [4.78, 5) is 0. The summed E-state index contributed by atoms with van der Waals surface area (Å²) >= 11 is 5.13. The van der Waals surface area contributed by atoms with Gasteiger partial charge in [-0.2, -0.15) is 0 Å². The molecular weight excluding hydrogens is 128 g/mol. The Kier molecular flexibility index (Phi) is 5.06. The number of aliphatic hydroxyl groups is 2. The second kappa shape index (κ2) is 5.09. The highest BCUT2D eigenvalue weighted by atomic mass is 35.5. The molecule has 0 rings (SSSR count). The van der Waals surface area contributed by atoms with Gasteiger partial charge in [0.2, 0.25) is 0 Å². The van der Waals surface area contributed by atoms with Crippen LogP contribution in [0.5, 0.6) is 0 Å². The van der Waals surface area contributed by atoms with Crippen molar-refractivity contribution >= 4 is 11.6 Å². The summed E-state index contributed by atoms with van der Waals surface area (Å²) in [5, 5.41) is 16.9. The Bertz CT molecular complexity index is 72.8. The van der Waals surface area contributed by atoms with Gasteiger partial charge in [0.15, 0.2) is 0 Å². The Balaban J connectivity index is 3.10. The highest BCUT2D eigenvalue weighted by Crippen LogP contribution is 1.91. The van der Waals surface area contributed by atoms with E-state index in [0.29, 0.717) is 6.42 Å². The lowest BCUT2D eigenvalue weighted by Gasteiger charge is -1.99. The van der Waals surface area contributed by atoms with Crippen LogP contribution in [0.4, 0.5) is 0 Å². The molecule has 0 aromatic rings. The van der Waals surface area contributed by atoms with Gasteiger partial charge in [0.05, 0.1) is 12.7 Å². The fourth-order valence-corrected chi connectivity index (χ4v) is 0.386. The third kappa shape index (κ3) is 4.12. The summed E-state index contributed by atoms with van der Waals surface area (Å²) in [6.45, 7) is -0.207. The van der Waals surface area contributed by atoms with Gasteiger partial charge in [-0.3, -0.25) is 0 Å². The van der Waals surface area contributed by atoms with E-state index in [1.807, 2.05) is 0 Å². The fourth-order valence-electron chi connectivity index (χ4n) is 0.283. The SMILES string of the molecule is OCC(O)C/C=C/Cl. The fraction of sp³-hybridized carbons (Fsp3) is 0.600. The smallest absolute Gasteiger partial charge is 0.0805 e. The van der Waals surface area contributed by atoms with E-state index >= 15 is 0 Å².